The first kappa shape index (κ1) is 17.1. The van der Waals surface area contributed by atoms with Gasteiger partial charge in [0.2, 0.25) is 0 Å². The summed E-state index contributed by atoms with van der Waals surface area (Å²) >= 11 is 0. The van der Waals surface area contributed by atoms with E-state index in [0.717, 1.165) is 24.0 Å². The number of allylic oxidation sites excluding steroid dienone is 1. The molecule has 2 rings (SSSR count). The quantitative estimate of drug-likeness (QED) is 0.617. The summed E-state index contributed by atoms with van der Waals surface area (Å²) in [5.74, 6) is -0.401. The summed E-state index contributed by atoms with van der Waals surface area (Å²) in [6, 6.07) is 8.88. The van der Waals surface area contributed by atoms with E-state index in [1.807, 2.05) is 30.3 Å². The zero-order valence-electron chi connectivity index (χ0n) is 13.7. The average molecular weight is 317 g/mol. The van der Waals surface area contributed by atoms with E-state index in [1.54, 1.807) is 0 Å². The van der Waals surface area contributed by atoms with Crippen molar-refractivity contribution in [1.29, 1.82) is 0 Å². The van der Waals surface area contributed by atoms with Gasteiger partial charge in [-0.2, -0.15) is 0 Å². The van der Waals surface area contributed by atoms with Crippen molar-refractivity contribution in [2.24, 2.45) is 0 Å². The zero-order valence-corrected chi connectivity index (χ0v) is 13.7. The predicted octanol–water partition coefficient (Wildman–Crippen LogP) is 3.30. The molecule has 1 aliphatic rings. The van der Waals surface area contributed by atoms with Crippen LogP contribution in [0.1, 0.15) is 31.7 Å². The van der Waals surface area contributed by atoms with Gasteiger partial charge in [0.1, 0.15) is 12.6 Å². The Labute approximate surface area is 136 Å². The van der Waals surface area contributed by atoms with Crippen LogP contribution in [0.15, 0.2) is 42.0 Å². The highest BCUT2D eigenvalue weighted by atomic mass is 16.6. The second kappa shape index (κ2) is 8.36. The van der Waals surface area contributed by atoms with Gasteiger partial charge in [-0.25, -0.2) is 9.59 Å². The SMILES string of the molecule is CCCC=C1C[C@@H](C(=O)OC)N(C(=O)OCc2ccccc2)C1. The van der Waals surface area contributed by atoms with Crippen molar-refractivity contribution < 1.29 is 19.1 Å². The molecule has 1 aliphatic heterocycles. The molecule has 0 aliphatic carbocycles. The smallest absolute Gasteiger partial charge is 0.411 e. The molecule has 1 amide bonds. The molecule has 5 nitrogen and oxygen atoms in total. The van der Waals surface area contributed by atoms with E-state index < -0.39 is 18.1 Å². The van der Waals surface area contributed by atoms with Crippen molar-refractivity contribution in [3.8, 4) is 0 Å². The number of carbonyl (C=O) groups is 2. The summed E-state index contributed by atoms with van der Waals surface area (Å²) in [6.45, 7) is 2.71. The molecule has 5 heteroatoms. The van der Waals surface area contributed by atoms with E-state index in [4.69, 9.17) is 9.47 Å². The molecule has 1 saturated heterocycles. The number of carbonyl (C=O) groups excluding carboxylic acids is 2. The minimum atomic E-state index is -0.591. The Balaban J connectivity index is 2.01. The topological polar surface area (TPSA) is 55.8 Å². The van der Waals surface area contributed by atoms with Gasteiger partial charge in [-0.15, -0.1) is 0 Å². The van der Waals surface area contributed by atoms with Crippen LogP contribution in [0.4, 0.5) is 4.79 Å². The van der Waals surface area contributed by atoms with E-state index in [0.29, 0.717) is 13.0 Å². The van der Waals surface area contributed by atoms with Crippen LogP contribution < -0.4 is 0 Å². The normalized spacial score (nSPS) is 19.0. The average Bonchev–Trinajstić information content (AvgIpc) is 3.02. The maximum atomic E-state index is 12.3. The van der Waals surface area contributed by atoms with Crippen molar-refractivity contribution >= 4 is 12.1 Å². The first-order chi connectivity index (χ1) is 11.2. The minimum Gasteiger partial charge on any atom is -0.467 e. The standard InChI is InChI=1S/C18H23NO4/c1-3-4-8-15-11-16(17(20)22-2)19(12-15)18(21)23-13-14-9-6-5-7-10-14/h5-10,16H,3-4,11-13H2,1-2H3/t16-/m0/s1. The van der Waals surface area contributed by atoms with Gasteiger partial charge in [0, 0.05) is 13.0 Å². The van der Waals surface area contributed by atoms with Gasteiger partial charge in [-0.1, -0.05) is 55.3 Å². The Morgan fingerprint density at radius 2 is 2.04 bits per heavy atom. The van der Waals surface area contributed by atoms with Crippen molar-refractivity contribution in [2.75, 3.05) is 13.7 Å². The lowest BCUT2D eigenvalue weighted by atomic mass is 10.1. The van der Waals surface area contributed by atoms with Gasteiger partial charge >= 0.3 is 12.1 Å². The molecule has 0 N–H and O–H groups in total. The van der Waals surface area contributed by atoms with Gasteiger partial charge in [-0.05, 0) is 12.0 Å². The number of nitrogens with zero attached hydrogens (tertiary/aromatic N) is 1. The molecule has 124 valence electrons. The van der Waals surface area contributed by atoms with Crippen LogP contribution >= 0.6 is 0 Å². The number of ether oxygens (including phenoxy) is 2. The fraction of sp³-hybridized carbons (Fsp3) is 0.444. The van der Waals surface area contributed by atoms with Gasteiger partial charge < -0.3 is 9.47 Å². The monoisotopic (exact) mass is 317 g/mol. The van der Waals surface area contributed by atoms with Crippen LogP contribution in [-0.2, 0) is 20.9 Å². The highest BCUT2D eigenvalue weighted by molar-refractivity contribution is 5.83. The second-order valence-corrected chi connectivity index (χ2v) is 5.56. The fourth-order valence-corrected chi connectivity index (χ4v) is 2.59. The number of amides is 1. The molecular weight excluding hydrogens is 294 g/mol. The lowest BCUT2D eigenvalue weighted by Crippen LogP contribution is -2.41. The van der Waals surface area contributed by atoms with Crippen molar-refractivity contribution in [3.63, 3.8) is 0 Å². The van der Waals surface area contributed by atoms with Gasteiger partial charge in [-0.3, -0.25) is 4.90 Å². The Morgan fingerprint density at radius 1 is 1.30 bits per heavy atom. The van der Waals surface area contributed by atoms with E-state index >= 15 is 0 Å². The molecule has 0 radical (unpaired) electrons. The molecule has 1 aromatic carbocycles. The maximum absolute atomic E-state index is 12.3. The third kappa shape index (κ3) is 4.58. The molecule has 23 heavy (non-hydrogen) atoms. The number of rotatable bonds is 5. The maximum Gasteiger partial charge on any atom is 0.411 e. The summed E-state index contributed by atoms with van der Waals surface area (Å²) in [4.78, 5) is 25.7. The first-order valence-corrected chi connectivity index (χ1v) is 7.88. The summed E-state index contributed by atoms with van der Waals surface area (Å²) in [6.07, 6.45) is 4.11. The van der Waals surface area contributed by atoms with E-state index in [2.05, 4.69) is 13.0 Å². The molecule has 1 aromatic rings. The Morgan fingerprint density at radius 3 is 2.70 bits per heavy atom. The van der Waals surface area contributed by atoms with Crippen molar-refractivity contribution in [2.45, 2.75) is 38.8 Å². The van der Waals surface area contributed by atoms with Crippen molar-refractivity contribution in [3.05, 3.63) is 47.5 Å². The van der Waals surface area contributed by atoms with Crippen LogP contribution in [0.2, 0.25) is 0 Å². The predicted molar refractivity (Wildman–Crippen MR) is 86.7 cm³/mol. The largest absolute Gasteiger partial charge is 0.467 e. The number of unbranched alkanes of at least 4 members (excludes halogenated alkanes) is 1. The summed E-state index contributed by atoms with van der Waals surface area (Å²) in [5.41, 5.74) is 2.00. The molecular formula is C18H23NO4. The van der Waals surface area contributed by atoms with Crippen LogP contribution in [-0.4, -0.2) is 36.7 Å². The Hall–Kier alpha value is -2.30. The third-order valence-corrected chi connectivity index (χ3v) is 3.84. The third-order valence-electron chi connectivity index (χ3n) is 3.84. The van der Waals surface area contributed by atoms with Crippen molar-refractivity contribution in [1.82, 2.24) is 4.90 Å². The van der Waals surface area contributed by atoms with Gasteiger partial charge in [0.15, 0.2) is 0 Å². The molecule has 0 spiro atoms. The van der Waals surface area contributed by atoms with Crippen LogP contribution in [0.25, 0.3) is 0 Å². The zero-order chi connectivity index (χ0) is 16.7. The molecule has 0 saturated carbocycles. The summed E-state index contributed by atoms with van der Waals surface area (Å²) < 4.78 is 10.2. The highest BCUT2D eigenvalue weighted by Crippen LogP contribution is 2.25. The summed E-state index contributed by atoms with van der Waals surface area (Å²) in [7, 11) is 1.34. The fourth-order valence-electron chi connectivity index (χ4n) is 2.59. The lowest BCUT2D eigenvalue weighted by molar-refractivity contribution is -0.145. The number of methoxy groups -OCH3 is 1. The van der Waals surface area contributed by atoms with Gasteiger partial charge in [0.25, 0.3) is 0 Å². The van der Waals surface area contributed by atoms with Crippen LogP contribution in [0.5, 0.6) is 0 Å². The minimum absolute atomic E-state index is 0.193. The second-order valence-electron chi connectivity index (χ2n) is 5.56. The first-order valence-electron chi connectivity index (χ1n) is 7.88. The van der Waals surface area contributed by atoms with E-state index in [1.165, 1.54) is 12.0 Å². The molecule has 0 aromatic heterocycles. The van der Waals surface area contributed by atoms with Crippen LogP contribution in [0, 0.1) is 0 Å². The van der Waals surface area contributed by atoms with Crippen LogP contribution in [0.3, 0.4) is 0 Å². The number of likely N-dealkylation sites (tertiary alicyclic amines) is 1. The molecule has 1 heterocycles. The Kier molecular flexibility index (Phi) is 6.20. The van der Waals surface area contributed by atoms with E-state index in [9.17, 15) is 9.59 Å². The highest BCUT2D eigenvalue weighted by Gasteiger charge is 2.38. The number of esters is 1. The molecule has 0 bridgehead atoms. The van der Waals surface area contributed by atoms with E-state index in [-0.39, 0.29) is 6.61 Å². The summed E-state index contributed by atoms with van der Waals surface area (Å²) in [5, 5.41) is 0. The van der Waals surface area contributed by atoms with Gasteiger partial charge in [0.05, 0.1) is 7.11 Å². The Bertz CT molecular complexity index is 568. The molecule has 1 fully saturated rings. The number of hydrogen-bond donors (Lipinski definition) is 0. The number of hydrogen-bond acceptors (Lipinski definition) is 4. The molecule has 0 unspecified atom stereocenters. The molecule has 1 atom stereocenters. The number of benzene rings is 1. The lowest BCUT2D eigenvalue weighted by Gasteiger charge is -2.21.